The zero-order valence-electron chi connectivity index (χ0n) is 11.1. The molecule has 0 bridgehead atoms. The van der Waals surface area contributed by atoms with Gasteiger partial charge in [-0.15, -0.1) is 0 Å². The predicted octanol–water partition coefficient (Wildman–Crippen LogP) is 2.90. The molecular weight excluding hydrogens is 248 g/mol. The van der Waals surface area contributed by atoms with Gasteiger partial charge in [-0.25, -0.2) is 0 Å². The van der Waals surface area contributed by atoms with Crippen molar-refractivity contribution in [3.05, 3.63) is 54.1 Å². The van der Waals surface area contributed by atoms with Gasteiger partial charge in [-0.3, -0.25) is 0 Å². The molecule has 0 fully saturated rings. The maximum absolute atomic E-state index is 8.77. The minimum absolute atomic E-state index is 0.0191. The van der Waals surface area contributed by atoms with Crippen LogP contribution in [0, 0.1) is 11.3 Å². The second-order valence-corrected chi connectivity index (χ2v) is 5.10. The van der Waals surface area contributed by atoms with Gasteiger partial charge in [-0.1, -0.05) is 36.4 Å². The number of fused-ring (bicyclic) bond motifs is 1. The first-order valence-corrected chi connectivity index (χ1v) is 6.76. The molecule has 2 atom stereocenters. The van der Waals surface area contributed by atoms with E-state index in [0.717, 1.165) is 12.2 Å². The molecule has 0 amide bonds. The highest BCUT2D eigenvalue weighted by molar-refractivity contribution is 5.66. The number of nitrogens with zero attached hydrogens (tertiary/aromatic N) is 1. The summed E-state index contributed by atoms with van der Waals surface area (Å²) >= 11 is 0. The van der Waals surface area contributed by atoms with Crippen LogP contribution in [0.15, 0.2) is 48.5 Å². The van der Waals surface area contributed by atoms with E-state index in [0.29, 0.717) is 6.42 Å². The Kier molecular flexibility index (Phi) is 3.41. The Morgan fingerprint density at radius 3 is 2.75 bits per heavy atom. The standard InChI is InChI=1S/C17H16N2O/c18-11-15(19)10-16-9-14-8-13(6-7-17(14)20-16)12-4-2-1-3-5-12/h1-8,15-16H,9-10,19H2. The lowest BCUT2D eigenvalue weighted by Gasteiger charge is -2.11. The molecule has 0 aromatic heterocycles. The fourth-order valence-corrected chi connectivity index (χ4v) is 2.60. The normalized spacial score (nSPS) is 17.9. The van der Waals surface area contributed by atoms with Crippen molar-refractivity contribution < 1.29 is 4.74 Å². The molecule has 0 saturated carbocycles. The third-order valence-corrected chi connectivity index (χ3v) is 3.59. The van der Waals surface area contributed by atoms with E-state index >= 15 is 0 Å². The van der Waals surface area contributed by atoms with E-state index in [4.69, 9.17) is 15.7 Å². The predicted molar refractivity (Wildman–Crippen MR) is 78.2 cm³/mol. The lowest BCUT2D eigenvalue weighted by molar-refractivity contribution is 0.217. The number of rotatable bonds is 3. The average Bonchev–Trinajstić information content (AvgIpc) is 2.89. The number of ether oxygens (including phenoxy) is 1. The smallest absolute Gasteiger partial charge is 0.123 e. The van der Waals surface area contributed by atoms with Crippen LogP contribution >= 0.6 is 0 Å². The van der Waals surface area contributed by atoms with Crippen LogP contribution in [-0.2, 0) is 6.42 Å². The van der Waals surface area contributed by atoms with Crippen LogP contribution in [0.5, 0.6) is 5.75 Å². The van der Waals surface area contributed by atoms with Gasteiger partial charge in [0.05, 0.1) is 12.1 Å². The van der Waals surface area contributed by atoms with Crippen molar-refractivity contribution >= 4 is 0 Å². The number of nitriles is 1. The van der Waals surface area contributed by atoms with Crippen LogP contribution in [-0.4, -0.2) is 12.1 Å². The largest absolute Gasteiger partial charge is 0.490 e. The fourth-order valence-electron chi connectivity index (χ4n) is 2.60. The van der Waals surface area contributed by atoms with E-state index in [1.165, 1.54) is 16.7 Å². The summed E-state index contributed by atoms with van der Waals surface area (Å²) in [4.78, 5) is 0. The molecule has 20 heavy (non-hydrogen) atoms. The Hall–Kier alpha value is -2.31. The van der Waals surface area contributed by atoms with Crippen LogP contribution < -0.4 is 10.5 Å². The molecule has 2 aromatic carbocycles. The zero-order valence-corrected chi connectivity index (χ0v) is 11.1. The SMILES string of the molecule is N#CC(N)CC1Cc2cc(-c3ccccc3)ccc2O1. The van der Waals surface area contributed by atoms with Gasteiger partial charge in [0.2, 0.25) is 0 Å². The Balaban J connectivity index is 1.80. The monoisotopic (exact) mass is 264 g/mol. The summed E-state index contributed by atoms with van der Waals surface area (Å²) in [7, 11) is 0. The van der Waals surface area contributed by atoms with Gasteiger partial charge in [-0.05, 0) is 28.8 Å². The van der Waals surface area contributed by atoms with Crippen molar-refractivity contribution in [2.75, 3.05) is 0 Å². The number of hydrogen-bond donors (Lipinski definition) is 1. The van der Waals surface area contributed by atoms with E-state index in [9.17, 15) is 0 Å². The molecule has 1 aliphatic heterocycles. The topological polar surface area (TPSA) is 59.0 Å². The van der Waals surface area contributed by atoms with Crippen LogP contribution in [0.1, 0.15) is 12.0 Å². The fraction of sp³-hybridized carbons (Fsp3) is 0.235. The Morgan fingerprint density at radius 2 is 2.00 bits per heavy atom. The first kappa shape index (κ1) is 12.7. The highest BCUT2D eigenvalue weighted by atomic mass is 16.5. The number of nitrogens with two attached hydrogens (primary N) is 1. The minimum Gasteiger partial charge on any atom is -0.490 e. The molecule has 0 aliphatic carbocycles. The van der Waals surface area contributed by atoms with Crippen molar-refractivity contribution in [3.63, 3.8) is 0 Å². The number of hydrogen-bond acceptors (Lipinski definition) is 3. The van der Waals surface area contributed by atoms with Crippen LogP contribution in [0.4, 0.5) is 0 Å². The van der Waals surface area contributed by atoms with Gasteiger partial charge in [0, 0.05) is 12.8 Å². The average molecular weight is 264 g/mol. The van der Waals surface area contributed by atoms with E-state index in [-0.39, 0.29) is 6.10 Å². The maximum Gasteiger partial charge on any atom is 0.123 e. The van der Waals surface area contributed by atoms with Gasteiger partial charge >= 0.3 is 0 Å². The lowest BCUT2D eigenvalue weighted by atomic mass is 10.00. The van der Waals surface area contributed by atoms with E-state index in [2.05, 4.69) is 30.3 Å². The summed E-state index contributed by atoms with van der Waals surface area (Å²) in [6, 6.07) is 18.1. The van der Waals surface area contributed by atoms with Crippen molar-refractivity contribution in [2.24, 2.45) is 5.73 Å². The molecule has 2 N–H and O–H groups in total. The van der Waals surface area contributed by atoms with Crippen LogP contribution in [0.2, 0.25) is 0 Å². The van der Waals surface area contributed by atoms with Crippen molar-refractivity contribution in [3.8, 4) is 22.9 Å². The van der Waals surface area contributed by atoms with Crippen LogP contribution in [0.25, 0.3) is 11.1 Å². The van der Waals surface area contributed by atoms with Crippen molar-refractivity contribution in [1.82, 2.24) is 0 Å². The highest BCUT2D eigenvalue weighted by Gasteiger charge is 2.24. The molecule has 1 aliphatic rings. The Morgan fingerprint density at radius 1 is 1.20 bits per heavy atom. The summed E-state index contributed by atoms with van der Waals surface area (Å²) in [5.74, 6) is 0.917. The molecule has 0 spiro atoms. The first-order chi connectivity index (χ1) is 9.76. The Bertz CT molecular complexity index is 646. The molecule has 0 radical (unpaired) electrons. The van der Waals surface area contributed by atoms with E-state index < -0.39 is 6.04 Å². The third kappa shape index (κ3) is 2.52. The molecule has 0 saturated heterocycles. The van der Waals surface area contributed by atoms with Crippen molar-refractivity contribution in [2.45, 2.75) is 25.0 Å². The van der Waals surface area contributed by atoms with Crippen LogP contribution in [0.3, 0.4) is 0 Å². The molecule has 100 valence electrons. The summed E-state index contributed by atoms with van der Waals surface area (Å²) in [6.45, 7) is 0. The molecule has 2 aromatic rings. The van der Waals surface area contributed by atoms with Gasteiger partial charge in [-0.2, -0.15) is 5.26 Å². The highest BCUT2D eigenvalue weighted by Crippen LogP contribution is 2.33. The summed E-state index contributed by atoms with van der Waals surface area (Å²) in [5, 5.41) is 8.77. The van der Waals surface area contributed by atoms with E-state index in [1.807, 2.05) is 24.3 Å². The molecule has 2 unspecified atom stereocenters. The summed E-state index contributed by atoms with van der Waals surface area (Å²) in [6.07, 6.45) is 1.42. The van der Waals surface area contributed by atoms with Gasteiger partial charge in [0.25, 0.3) is 0 Å². The summed E-state index contributed by atoms with van der Waals surface area (Å²) < 4.78 is 5.84. The third-order valence-electron chi connectivity index (χ3n) is 3.59. The molecule has 3 rings (SSSR count). The minimum atomic E-state index is -0.456. The number of benzene rings is 2. The summed E-state index contributed by atoms with van der Waals surface area (Å²) in [5.41, 5.74) is 9.26. The van der Waals surface area contributed by atoms with Gasteiger partial charge in [0.15, 0.2) is 0 Å². The lowest BCUT2D eigenvalue weighted by Crippen LogP contribution is -2.26. The second-order valence-electron chi connectivity index (χ2n) is 5.10. The van der Waals surface area contributed by atoms with Gasteiger partial charge < -0.3 is 10.5 Å². The molecular formula is C17H16N2O. The van der Waals surface area contributed by atoms with E-state index in [1.54, 1.807) is 0 Å². The maximum atomic E-state index is 8.77. The zero-order chi connectivity index (χ0) is 13.9. The van der Waals surface area contributed by atoms with Crippen molar-refractivity contribution in [1.29, 1.82) is 5.26 Å². The molecule has 3 heteroatoms. The molecule has 1 heterocycles. The quantitative estimate of drug-likeness (QED) is 0.927. The molecule has 3 nitrogen and oxygen atoms in total. The first-order valence-electron chi connectivity index (χ1n) is 6.76. The van der Waals surface area contributed by atoms with Gasteiger partial charge in [0.1, 0.15) is 11.9 Å². The second kappa shape index (κ2) is 5.36. The Labute approximate surface area is 118 Å².